The molecule has 0 unspecified atom stereocenters. The van der Waals surface area contributed by atoms with Gasteiger partial charge in [-0.2, -0.15) is 0 Å². The minimum atomic E-state index is 0.239. The molecule has 0 spiro atoms. The molecule has 0 rings (SSSR count). The van der Waals surface area contributed by atoms with E-state index in [-0.39, 0.29) is 5.41 Å². The summed E-state index contributed by atoms with van der Waals surface area (Å²) in [6, 6.07) is 0. The highest BCUT2D eigenvalue weighted by molar-refractivity contribution is 7.97. The van der Waals surface area contributed by atoms with E-state index in [9.17, 15) is 0 Å². The van der Waals surface area contributed by atoms with Gasteiger partial charge in [-0.3, -0.25) is 0 Å². The molecule has 0 bridgehead atoms. The summed E-state index contributed by atoms with van der Waals surface area (Å²) in [5.74, 6) is 0. The Kier molecular flexibility index (Phi) is 3.13. The van der Waals surface area contributed by atoms with E-state index in [1.165, 1.54) is 11.9 Å². The lowest BCUT2D eigenvalue weighted by molar-refractivity contribution is 0.608. The first-order valence-electron chi connectivity index (χ1n) is 2.64. The highest BCUT2D eigenvalue weighted by Gasteiger charge is 2.03. The summed E-state index contributed by atoms with van der Waals surface area (Å²) in [7, 11) is 0. The van der Waals surface area contributed by atoms with Gasteiger partial charge in [0, 0.05) is 12.5 Å². The molecule has 0 fully saturated rings. The highest BCUT2D eigenvalue weighted by Crippen LogP contribution is 2.09. The second-order valence-corrected chi connectivity index (χ2v) is 3.36. The van der Waals surface area contributed by atoms with Crippen molar-refractivity contribution in [3.63, 3.8) is 0 Å². The molecule has 0 saturated carbocycles. The van der Waals surface area contributed by atoms with Crippen LogP contribution in [0.15, 0.2) is 4.40 Å². The first-order valence-corrected chi connectivity index (χ1v) is 3.82. The van der Waals surface area contributed by atoms with Gasteiger partial charge in [-0.15, -0.1) is 0 Å². The Balaban J connectivity index is 3.52. The molecule has 0 aliphatic carbocycles. The Morgan fingerprint density at radius 2 is 1.88 bits per heavy atom. The lowest BCUT2D eigenvalue weighted by Crippen LogP contribution is -2.04. The fraction of sp³-hybridized carbons (Fsp3) is 0.833. The first kappa shape index (κ1) is 8.02. The molecule has 2 heteroatoms. The van der Waals surface area contributed by atoms with Gasteiger partial charge in [-0.05, 0) is 17.4 Å². The van der Waals surface area contributed by atoms with Crippen molar-refractivity contribution < 1.29 is 0 Å². The van der Waals surface area contributed by atoms with Crippen LogP contribution in [0.1, 0.15) is 20.8 Å². The summed E-state index contributed by atoms with van der Waals surface area (Å²) in [4.78, 5) is 0. The van der Waals surface area contributed by atoms with Crippen LogP contribution in [0.2, 0.25) is 0 Å². The fourth-order valence-corrected chi connectivity index (χ4v) is 0.632. The van der Waals surface area contributed by atoms with E-state index in [0.29, 0.717) is 0 Å². The van der Waals surface area contributed by atoms with Gasteiger partial charge in [0.15, 0.2) is 0 Å². The van der Waals surface area contributed by atoms with Crippen LogP contribution in [0.3, 0.4) is 0 Å². The monoisotopic (exact) mass is 131 g/mol. The van der Waals surface area contributed by atoms with Crippen LogP contribution in [0, 0.1) is 5.41 Å². The number of rotatable bonds is 1. The molecule has 0 atom stereocenters. The molecule has 0 aliphatic rings. The lowest BCUT2D eigenvalue weighted by atomic mass is 10.00. The average Bonchev–Trinajstić information content (AvgIpc) is 1.59. The molecule has 0 aromatic rings. The average molecular weight is 131 g/mol. The third-order valence-corrected chi connectivity index (χ3v) is 0.862. The van der Waals surface area contributed by atoms with Crippen molar-refractivity contribution in [1.82, 2.24) is 0 Å². The third kappa shape index (κ3) is 6.02. The highest BCUT2D eigenvalue weighted by atomic mass is 32.2. The van der Waals surface area contributed by atoms with E-state index in [0.717, 1.165) is 0 Å². The molecule has 0 aromatic carbocycles. The maximum atomic E-state index is 4.03. The van der Waals surface area contributed by atoms with E-state index < -0.39 is 0 Å². The Labute approximate surface area is 55.7 Å². The lowest BCUT2D eigenvalue weighted by Gasteiger charge is -2.08. The summed E-state index contributed by atoms with van der Waals surface area (Å²) in [6.45, 7) is 6.40. The molecule has 0 saturated heterocycles. The Morgan fingerprint density at radius 3 is 2.00 bits per heavy atom. The molecule has 0 aliphatic heterocycles. The van der Waals surface area contributed by atoms with E-state index in [1.807, 2.05) is 12.5 Å². The molecular formula is C6H13NS. The van der Waals surface area contributed by atoms with Crippen molar-refractivity contribution in [3.8, 4) is 0 Å². The van der Waals surface area contributed by atoms with Gasteiger partial charge in [-0.25, -0.2) is 4.40 Å². The normalized spacial score (nSPS) is 13.0. The van der Waals surface area contributed by atoms with E-state index in [2.05, 4.69) is 25.2 Å². The van der Waals surface area contributed by atoms with Gasteiger partial charge in [0.05, 0.1) is 0 Å². The largest absolute Gasteiger partial charge is 0.229 e. The third-order valence-electron chi connectivity index (χ3n) is 0.545. The van der Waals surface area contributed by atoms with Gasteiger partial charge in [0.1, 0.15) is 0 Å². The van der Waals surface area contributed by atoms with Crippen molar-refractivity contribution in [2.45, 2.75) is 20.8 Å². The van der Waals surface area contributed by atoms with Crippen molar-refractivity contribution in [2.24, 2.45) is 9.81 Å². The van der Waals surface area contributed by atoms with Gasteiger partial charge >= 0.3 is 0 Å². The van der Waals surface area contributed by atoms with Crippen molar-refractivity contribution in [1.29, 1.82) is 0 Å². The maximum absolute atomic E-state index is 4.03. The van der Waals surface area contributed by atoms with Crippen molar-refractivity contribution in [3.05, 3.63) is 0 Å². The smallest absolute Gasteiger partial charge is 0.0179 e. The van der Waals surface area contributed by atoms with Crippen LogP contribution in [-0.2, 0) is 0 Å². The van der Waals surface area contributed by atoms with Crippen LogP contribution in [0.25, 0.3) is 0 Å². The predicted octanol–water partition coefficient (Wildman–Crippen LogP) is 2.38. The summed E-state index contributed by atoms with van der Waals surface area (Å²) in [6.07, 6.45) is 3.92. The quantitative estimate of drug-likeness (QED) is 0.393. The molecule has 0 aromatic heterocycles. The Morgan fingerprint density at radius 1 is 1.38 bits per heavy atom. The Hall–Kier alpha value is 0.0200. The number of hydrogen-bond acceptors (Lipinski definition) is 2. The zero-order valence-corrected chi connectivity index (χ0v) is 6.75. The Bertz CT molecular complexity index is 81.0. The predicted molar refractivity (Wildman–Crippen MR) is 41.5 cm³/mol. The second kappa shape index (κ2) is 3.13. The topological polar surface area (TPSA) is 12.4 Å². The van der Waals surface area contributed by atoms with Crippen LogP contribution in [-0.4, -0.2) is 12.5 Å². The SMILES string of the molecule is CS/N=C/C(C)(C)C. The van der Waals surface area contributed by atoms with E-state index >= 15 is 0 Å². The van der Waals surface area contributed by atoms with Crippen LogP contribution in [0.5, 0.6) is 0 Å². The molecule has 1 nitrogen and oxygen atoms in total. The van der Waals surface area contributed by atoms with Crippen LogP contribution < -0.4 is 0 Å². The first-order chi connectivity index (χ1) is 3.56. The zero-order chi connectivity index (χ0) is 6.62. The molecule has 8 heavy (non-hydrogen) atoms. The minimum Gasteiger partial charge on any atom is -0.229 e. The molecule has 0 amide bonds. The molecule has 0 heterocycles. The van der Waals surface area contributed by atoms with Crippen LogP contribution >= 0.6 is 11.9 Å². The van der Waals surface area contributed by atoms with Gasteiger partial charge in [0.25, 0.3) is 0 Å². The fourth-order valence-electron chi connectivity index (χ4n) is 0.211. The zero-order valence-electron chi connectivity index (χ0n) is 5.93. The number of hydrogen-bond donors (Lipinski definition) is 0. The molecule has 48 valence electrons. The van der Waals surface area contributed by atoms with Crippen LogP contribution in [0.4, 0.5) is 0 Å². The van der Waals surface area contributed by atoms with E-state index in [1.54, 1.807) is 0 Å². The van der Waals surface area contributed by atoms with Crippen molar-refractivity contribution in [2.75, 3.05) is 6.26 Å². The van der Waals surface area contributed by atoms with E-state index in [4.69, 9.17) is 0 Å². The number of nitrogens with zero attached hydrogens (tertiary/aromatic N) is 1. The van der Waals surface area contributed by atoms with Gasteiger partial charge in [-0.1, -0.05) is 20.8 Å². The van der Waals surface area contributed by atoms with Crippen molar-refractivity contribution >= 4 is 18.2 Å². The molecule has 0 N–H and O–H groups in total. The molecular weight excluding hydrogens is 118 g/mol. The van der Waals surface area contributed by atoms with Gasteiger partial charge in [0.2, 0.25) is 0 Å². The second-order valence-electron chi connectivity index (χ2n) is 2.78. The van der Waals surface area contributed by atoms with Gasteiger partial charge < -0.3 is 0 Å². The summed E-state index contributed by atoms with van der Waals surface area (Å²) in [5, 5.41) is 0. The summed E-state index contributed by atoms with van der Waals surface area (Å²) >= 11 is 1.50. The maximum Gasteiger partial charge on any atom is 0.0179 e. The minimum absolute atomic E-state index is 0.239. The standard InChI is InChI=1S/C6H13NS/c1-6(2,3)5-7-8-4/h5H,1-4H3/b7-5+. The molecule has 0 radical (unpaired) electrons. The summed E-state index contributed by atoms with van der Waals surface area (Å²) in [5.41, 5.74) is 0.239. The summed E-state index contributed by atoms with van der Waals surface area (Å²) < 4.78 is 4.03.